The van der Waals surface area contributed by atoms with E-state index in [9.17, 15) is 9.59 Å². The molecule has 6 nitrogen and oxygen atoms in total. The van der Waals surface area contributed by atoms with Crippen molar-refractivity contribution in [2.45, 2.75) is 43.1 Å². The first-order valence-electron chi connectivity index (χ1n) is 5.57. The van der Waals surface area contributed by atoms with Crippen LogP contribution >= 0.6 is 15.9 Å². The number of rotatable bonds is 4. The van der Waals surface area contributed by atoms with Gasteiger partial charge in [0.25, 0.3) is 0 Å². The molecule has 18 heavy (non-hydrogen) atoms. The second-order valence-corrected chi connectivity index (χ2v) is 5.28. The number of hydrogen-bond acceptors (Lipinski definition) is 6. The monoisotopic (exact) mass is 324 g/mol. The standard InChI is InChI=1S/C11H17BrO6/c1-5-11(6(2)12)17-7(9(13)15-3)8(18-11)10(14)16-4/h6-8H,5H2,1-4H3/t6?,7-,8-/m1/s1. The summed E-state index contributed by atoms with van der Waals surface area (Å²) in [5.41, 5.74) is 0. The zero-order valence-corrected chi connectivity index (χ0v) is 12.4. The molecule has 0 aromatic rings. The molecule has 3 atom stereocenters. The van der Waals surface area contributed by atoms with E-state index in [0.717, 1.165) is 0 Å². The number of halogens is 1. The molecular weight excluding hydrogens is 308 g/mol. The lowest BCUT2D eigenvalue weighted by molar-refractivity contribution is -0.187. The fourth-order valence-corrected chi connectivity index (χ4v) is 2.33. The van der Waals surface area contributed by atoms with E-state index in [1.54, 1.807) is 0 Å². The molecule has 1 aliphatic heterocycles. The van der Waals surface area contributed by atoms with Crippen LogP contribution in [0, 0.1) is 0 Å². The van der Waals surface area contributed by atoms with Gasteiger partial charge in [0.1, 0.15) is 0 Å². The van der Waals surface area contributed by atoms with Crippen molar-refractivity contribution in [2.75, 3.05) is 14.2 Å². The van der Waals surface area contributed by atoms with E-state index < -0.39 is 29.9 Å². The Hall–Kier alpha value is -0.660. The highest BCUT2D eigenvalue weighted by Crippen LogP contribution is 2.38. The average Bonchev–Trinajstić information content (AvgIpc) is 2.78. The maximum atomic E-state index is 11.6. The Morgan fingerprint density at radius 1 is 1.22 bits per heavy atom. The summed E-state index contributed by atoms with van der Waals surface area (Å²) in [5, 5.41) is 0. The molecule has 0 spiro atoms. The Balaban J connectivity index is 3.01. The van der Waals surface area contributed by atoms with Gasteiger partial charge in [-0.15, -0.1) is 0 Å². The highest BCUT2D eigenvalue weighted by atomic mass is 79.9. The zero-order chi connectivity index (χ0) is 13.9. The van der Waals surface area contributed by atoms with Crippen molar-refractivity contribution in [2.24, 2.45) is 0 Å². The van der Waals surface area contributed by atoms with Gasteiger partial charge in [-0.1, -0.05) is 22.9 Å². The first-order chi connectivity index (χ1) is 8.41. The zero-order valence-electron chi connectivity index (χ0n) is 10.8. The summed E-state index contributed by atoms with van der Waals surface area (Å²) in [7, 11) is 2.45. The largest absolute Gasteiger partial charge is 0.467 e. The molecule has 0 aliphatic carbocycles. The Morgan fingerprint density at radius 3 is 1.83 bits per heavy atom. The van der Waals surface area contributed by atoms with E-state index >= 15 is 0 Å². The Bertz CT molecular complexity index is 305. The molecule has 0 radical (unpaired) electrons. The number of hydrogen-bond donors (Lipinski definition) is 0. The SMILES string of the molecule is CCC1(C(C)Br)O[C@@H](C(=O)OC)[C@H](C(=O)OC)O1. The summed E-state index contributed by atoms with van der Waals surface area (Å²) in [6.07, 6.45) is -1.75. The predicted octanol–water partition coefficient (Wildman–Crippen LogP) is 1.01. The summed E-state index contributed by atoms with van der Waals surface area (Å²) < 4.78 is 20.4. The molecule has 0 saturated carbocycles. The van der Waals surface area contributed by atoms with Gasteiger partial charge in [-0.25, -0.2) is 9.59 Å². The van der Waals surface area contributed by atoms with E-state index in [1.165, 1.54) is 14.2 Å². The first kappa shape index (κ1) is 15.4. The van der Waals surface area contributed by atoms with Crippen molar-refractivity contribution in [3.63, 3.8) is 0 Å². The van der Waals surface area contributed by atoms with Crippen LogP contribution in [0.25, 0.3) is 0 Å². The van der Waals surface area contributed by atoms with Gasteiger partial charge in [-0.2, -0.15) is 0 Å². The van der Waals surface area contributed by atoms with Crippen molar-refractivity contribution >= 4 is 27.9 Å². The smallest absolute Gasteiger partial charge is 0.338 e. The van der Waals surface area contributed by atoms with Gasteiger partial charge in [0.05, 0.1) is 19.0 Å². The fourth-order valence-electron chi connectivity index (χ4n) is 1.79. The molecule has 1 unspecified atom stereocenters. The van der Waals surface area contributed by atoms with Crippen LogP contribution in [-0.2, 0) is 28.5 Å². The minimum Gasteiger partial charge on any atom is -0.467 e. The molecule has 1 rings (SSSR count). The Kier molecular flexibility index (Phi) is 5.12. The highest BCUT2D eigenvalue weighted by Gasteiger charge is 2.55. The molecule has 0 aromatic heterocycles. The average molecular weight is 325 g/mol. The third-order valence-electron chi connectivity index (χ3n) is 2.89. The van der Waals surface area contributed by atoms with Gasteiger partial charge in [-0.05, 0) is 13.3 Å². The number of carbonyl (C=O) groups excluding carboxylic acids is 2. The van der Waals surface area contributed by atoms with Crippen LogP contribution in [0.5, 0.6) is 0 Å². The molecule has 1 heterocycles. The molecule has 0 aromatic carbocycles. The van der Waals surface area contributed by atoms with E-state index in [4.69, 9.17) is 9.47 Å². The third kappa shape index (κ3) is 2.67. The number of carbonyl (C=O) groups is 2. The van der Waals surface area contributed by atoms with Gasteiger partial charge in [0.2, 0.25) is 0 Å². The topological polar surface area (TPSA) is 71.1 Å². The number of esters is 2. The van der Waals surface area contributed by atoms with E-state index in [2.05, 4.69) is 25.4 Å². The van der Waals surface area contributed by atoms with Crippen LogP contribution in [0.2, 0.25) is 0 Å². The summed E-state index contributed by atoms with van der Waals surface area (Å²) in [4.78, 5) is 23.0. The Labute approximate surface area is 114 Å². The van der Waals surface area contributed by atoms with Crippen LogP contribution in [0.3, 0.4) is 0 Å². The van der Waals surface area contributed by atoms with Crippen molar-refractivity contribution in [3.8, 4) is 0 Å². The Morgan fingerprint density at radius 2 is 1.61 bits per heavy atom. The normalized spacial score (nSPS) is 27.6. The minimum atomic E-state index is -1.11. The van der Waals surface area contributed by atoms with E-state index in [1.807, 2.05) is 13.8 Å². The molecule has 1 saturated heterocycles. The maximum absolute atomic E-state index is 11.6. The van der Waals surface area contributed by atoms with Crippen LogP contribution in [0.4, 0.5) is 0 Å². The minimum absolute atomic E-state index is 0.197. The number of alkyl halides is 1. The fraction of sp³-hybridized carbons (Fsp3) is 0.818. The van der Waals surface area contributed by atoms with Gasteiger partial charge in [0, 0.05) is 0 Å². The van der Waals surface area contributed by atoms with Gasteiger partial charge >= 0.3 is 11.9 Å². The summed E-state index contributed by atoms with van der Waals surface area (Å²) in [5.74, 6) is -2.36. The summed E-state index contributed by atoms with van der Waals surface area (Å²) in [6, 6.07) is 0. The molecule has 1 aliphatic rings. The molecular formula is C11H17BrO6. The maximum Gasteiger partial charge on any atom is 0.338 e. The van der Waals surface area contributed by atoms with Crippen LogP contribution < -0.4 is 0 Å². The first-order valence-corrected chi connectivity index (χ1v) is 6.48. The van der Waals surface area contributed by atoms with Crippen molar-refractivity contribution < 1.29 is 28.5 Å². The molecule has 0 bridgehead atoms. The second kappa shape index (κ2) is 5.99. The van der Waals surface area contributed by atoms with Gasteiger partial charge in [-0.3, -0.25) is 0 Å². The molecule has 0 amide bonds. The van der Waals surface area contributed by atoms with Crippen molar-refractivity contribution in [1.29, 1.82) is 0 Å². The van der Waals surface area contributed by atoms with Crippen LogP contribution in [0.15, 0.2) is 0 Å². The summed E-state index contributed by atoms with van der Waals surface area (Å²) >= 11 is 3.36. The van der Waals surface area contributed by atoms with E-state index in [0.29, 0.717) is 6.42 Å². The van der Waals surface area contributed by atoms with Crippen LogP contribution in [0.1, 0.15) is 20.3 Å². The van der Waals surface area contributed by atoms with Gasteiger partial charge < -0.3 is 18.9 Å². The second-order valence-electron chi connectivity index (χ2n) is 3.90. The lowest BCUT2D eigenvalue weighted by Crippen LogP contribution is -2.39. The quantitative estimate of drug-likeness (QED) is 0.567. The molecule has 1 fully saturated rings. The van der Waals surface area contributed by atoms with Crippen molar-refractivity contribution in [3.05, 3.63) is 0 Å². The van der Waals surface area contributed by atoms with E-state index in [-0.39, 0.29) is 4.83 Å². The van der Waals surface area contributed by atoms with Crippen molar-refractivity contribution in [1.82, 2.24) is 0 Å². The van der Waals surface area contributed by atoms with Crippen LogP contribution in [-0.4, -0.2) is 49.0 Å². The highest BCUT2D eigenvalue weighted by molar-refractivity contribution is 9.09. The molecule has 104 valence electrons. The number of ether oxygens (including phenoxy) is 4. The predicted molar refractivity (Wildman–Crippen MR) is 65.2 cm³/mol. The van der Waals surface area contributed by atoms with Gasteiger partial charge in [0.15, 0.2) is 18.0 Å². The molecule has 7 heteroatoms. The number of methoxy groups -OCH3 is 2. The molecule has 0 N–H and O–H groups in total. The lowest BCUT2D eigenvalue weighted by Gasteiger charge is -2.29. The third-order valence-corrected chi connectivity index (χ3v) is 3.59. The summed E-state index contributed by atoms with van der Waals surface area (Å²) in [6.45, 7) is 3.66. The lowest BCUT2D eigenvalue weighted by atomic mass is 10.1.